The highest BCUT2D eigenvalue weighted by molar-refractivity contribution is 9.10. The topological polar surface area (TPSA) is 12.0 Å². The molecule has 0 saturated heterocycles. The molecule has 1 unspecified atom stereocenters. The molecule has 1 nitrogen and oxygen atoms in total. The molecule has 76 valence electrons. The third-order valence-corrected chi connectivity index (χ3v) is 4.06. The molecule has 1 atom stereocenters. The van der Waals surface area contributed by atoms with E-state index in [1.807, 2.05) is 0 Å². The molecule has 1 heterocycles. The highest BCUT2D eigenvalue weighted by atomic mass is 79.9. The molecule has 0 aliphatic carbocycles. The summed E-state index contributed by atoms with van der Waals surface area (Å²) in [4.78, 5) is 0. The lowest BCUT2D eigenvalue weighted by atomic mass is 9.80. The summed E-state index contributed by atoms with van der Waals surface area (Å²) in [6.45, 7) is 6.83. The highest BCUT2D eigenvalue weighted by Crippen LogP contribution is 2.37. The smallest absolute Gasteiger partial charge is 0.0388 e. The van der Waals surface area contributed by atoms with Crippen LogP contribution in [0.2, 0.25) is 0 Å². The summed E-state index contributed by atoms with van der Waals surface area (Å²) in [5.74, 6) is 0.661. The number of rotatable bonds is 0. The molecule has 14 heavy (non-hydrogen) atoms. The summed E-state index contributed by atoms with van der Waals surface area (Å²) >= 11 is 3.61. The van der Waals surface area contributed by atoms with E-state index in [1.165, 1.54) is 15.7 Å². The Hall–Kier alpha value is -0.500. The summed E-state index contributed by atoms with van der Waals surface area (Å²) < 4.78 is 1.23. The van der Waals surface area contributed by atoms with Crippen LogP contribution in [-0.4, -0.2) is 5.54 Å². The van der Waals surface area contributed by atoms with Gasteiger partial charge in [-0.3, -0.25) is 0 Å². The fourth-order valence-corrected chi connectivity index (χ4v) is 2.44. The van der Waals surface area contributed by atoms with Crippen molar-refractivity contribution in [2.45, 2.75) is 32.7 Å². The van der Waals surface area contributed by atoms with Crippen molar-refractivity contribution in [3.05, 3.63) is 28.2 Å². The molecule has 0 amide bonds. The molecule has 1 N–H and O–H groups in total. The van der Waals surface area contributed by atoms with Crippen LogP contribution in [-0.2, 0) is 6.42 Å². The maximum atomic E-state index is 3.61. The molecular weight excluding hydrogens is 238 g/mol. The van der Waals surface area contributed by atoms with Crippen LogP contribution in [0.25, 0.3) is 0 Å². The van der Waals surface area contributed by atoms with Crippen LogP contribution < -0.4 is 5.32 Å². The van der Waals surface area contributed by atoms with Gasteiger partial charge in [-0.2, -0.15) is 0 Å². The lowest BCUT2D eigenvalue weighted by Crippen LogP contribution is -2.42. The van der Waals surface area contributed by atoms with Crippen LogP contribution in [0.5, 0.6) is 0 Å². The van der Waals surface area contributed by atoms with E-state index in [-0.39, 0.29) is 5.54 Å². The first-order valence-corrected chi connectivity index (χ1v) is 5.85. The Bertz CT molecular complexity index is 357. The summed E-state index contributed by atoms with van der Waals surface area (Å²) in [5.41, 5.74) is 2.90. The van der Waals surface area contributed by atoms with Gasteiger partial charge in [0.25, 0.3) is 0 Å². The number of anilines is 1. The maximum Gasteiger partial charge on any atom is 0.0388 e. The van der Waals surface area contributed by atoms with E-state index in [4.69, 9.17) is 0 Å². The average molecular weight is 254 g/mol. The number of hydrogen-bond donors (Lipinski definition) is 1. The van der Waals surface area contributed by atoms with Crippen molar-refractivity contribution in [2.75, 3.05) is 5.32 Å². The molecule has 2 heteroatoms. The van der Waals surface area contributed by atoms with Gasteiger partial charge in [-0.15, -0.1) is 0 Å². The van der Waals surface area contributed by atoms with Gasteiger partial charge in [0.2, 0.25) is 0 Å². The summed E-state index contributed by atoms with van der Waals surface area (Å²) in [6, 6.07) is 6.36. The van der Waals surface area contributed by atoms with Gasteiger partial charge in [0, 0.05) is 15.7 Å². The number of benzene rings is 1. The molecule has 2 rings (SSSR count). The summed E-state index contributed by atoms with van der Waals surface area (Å²) in [5, 5.41) is 3.60. The Morgan fingerprint density at radius 2 is 2.14 bits per heavy atom. The van der Waals surface area contributed by atoms with Gasteiger partial charge in [-0.1, -0.05) is 28.9 Å². The van der Waals surface area contributed by atoms with Crippen LogP contribution in [0, 0.1) is 5.92 Å². The minimum absolute atomic E-state index is 0.202. The monoisotopic (exact) mass is 253 g/mol. The second-order valence-electron chi connectivity index (χ2n) is 4.72. The van der Waals surface area contributed by atoms with Gasteiger partial charge in [-0.05, 0) is 43.9 Å². The van der Waals surface area contributed by atoms with E-state index in [9.17, 15) is 0 Å². The van der Waals surface area contributed by atoms with Crippen molar-refractivity contribution < 1.29 is 0 Å². The molecule has 0 spiro atoms. The van der Waals surface area contributed by atoms with Gasteiger partial charge in [0.15, 0.2) is 0 Å². The maximum absolute atomic E-state index is 3.61. The first kappa shape index (κ1) is 10.0. The van der Waals surface area contributed by atoms with Crippen LogP contribution in [0.4, 0.5) is 5.69 Å². The zero-order valence-electron chi connectivity index (χ0n) is 8.89. The van der Waals surface area contributed by atoms with E-state index in [0.29, 0.717) is 5.92 Å². The van der Waals surface area contributed by atoms with Crippen molar-refractivity contribution in [3.63, 3.8) is 0 Å². The Morgan fingerprint density at radius 3 is 2.86 bits per heavy atom. The third-order valence-electron chi connectivity index (χ3n) is 3.32. The summed E-state index contributed by atoms with van der Waals surface area (Å²) in [6.07, 6.45) is 1.15. The SMILES string of the molecule is CC1Cc2c(Br)cccc2NC1(C)C. The van der Waals surface area contributed by atoms with Crippen molar-refractivity contribution in [3.8, 4) is 0 Å². The summed E-state index contributed by atoms with van der Waals surface area (Å²) in [7, 11) is 0. The number of halogens is 1. The van der Waals surface area contributed by atoms with Crippen LogP contribution >= 0.6 is 15.9 Å². The van der Waals surface area contributed by atoms with Crippen LogP contribution in [0.3, 0.4) is 0 Å². The van der Waals surface area contributed by atoms with E-state index < -0.39 is 0 Å². The Kier molecular flexibility index (Phi) is 2.34. The molecule has 1 aliphatic rings. The zero-order valence-corrected chi connectivity index (χ0v) is 10.5. The molecule has 0 radical (unpaired) electrons. The molecular formula is C12H16BrN. The molecule has 0 aromatic heterocycles. The molecule has 1 aromatic carbocycles. The number of fused-ring (bicyclic) bond motifs is 1. The van der Waals surface area contributed by atoms with Gasteiger partial charge in [0.1, 0.15) is 0 Å². The fraction of sp³-hybridized carbons (Fsp3) is 0.500. The van der Waals surface area contributed by atoms with Gasteiger partial charge in [-0.25, -0.2) is 0 Å². The minimum Gasteiger partial charge on any atom is -0.380 e. The lowest BCUT2D eigenvalue weighted by molar-refractivity contribution is 0.361. The second-order valence-corrected chi connectivity index (χ2v) is 5.57. The van der Waals surface area contributed by atoms with Crippen molar-refractivity contribution in [2.24, 2.45) is 5.92 Å². The van der Waals surface area contributed by atoms with Crippen LogP contribution in [0.1, 0.15) is 26.3 Å². The Balaban J connectivity index is 2.45. The highest BCUT2D eigenvalue weighted by Gasteiger charge is 2.31. The predicted octanol–water partition coefficient (Wildman–Crippen LogP) is 3.83. The first-order valence-electron chi connectivity index (χ1n) is 5.06. The Morgan fingerprint density at radius 1 is 1.43 bits per heavy atom. The van der Waals surface area contributed by atoms with Gasteiger partial charge in [0.05, 0.1) is 0 Å². The van der Waals surface area contributed by atoms with E-state index in [2.05, 4.69) is 60.2 Å². The van der Waals surface area contributed by atoms with Crippen molar-refractivity contribution in [1.82, 2.24) is 0 Å². The van der Waals surface area contributed by atoms with E-state index in [1.54, 1.807) is 0 Å². The zero-order chi connectivity index (χ0) is 10.3. The molecule has 0 bridgehead atoms. The molecule has 0 saturated carbocycles. The fourth-order valence-electron chi connectivity index (χ4n) is 1.91. The van der Waals surface area contributed by atoms with Crippen LogP contribution in [0.15, 0.2) is 22.7 Å². The number of nitrogens with one attached hydrogen (secondary N) is 1. The third kappa shape index (κ3) is 1.56. The van der Waals surface area contributed by atoms with Gasteiger partial charge < -0.3 is 5.32 Å². The minimum atomic E-state index is 0.202. The van der Waals surface area contributed by atoms with Crippen molar-refractivity contribution >= 4 is 21.6 Å². The largest absolute Gasteiger partial charge is 0.380 e. The second kappa shape index (κ2) is 3.27. The van der Waals surface area contributed by atoms with Crippen molar-refractivity contribution in [1.29, 1.82) is 0 Å². The lowest BCUT2D eigenvalue weighted by Gasteiger charge is -2.40. The molecule has 1 aliphatic heterocycles. The Labute approximate surface area is 94.0 Å². The molecule has 0 fully saturated rings. The normalized spacial score (nSPS) is 23.9. The predicted molar refractivity (Wildman–Crippen MR) is 64.7 cm³/mol. The quantitative estimate of drug-likeness (QED) is 0.741. The van der Waals surface area contributed by atoms with E-state index >= 15 is 0 Å². The molecule has 1 aromatic rings. The first-order chi connectivity index (χ1) is 6.50. The average Bonchev–Trinajstić information content (AvgIpc) is 2.08. The number of hydrogen-bond acceptors (Lipinski definition) is 1. The van der Waals surface area contributed by atoms with Gasteiger partial charge >= 0.3 is 0 Å². The van der Waals surface area contributed by atoms with E-state index in [0.717, 1.165) is 6.42 Å². The standard InChI is InChI=1S/C12H16BrN/c1-8-7-9-10(13)5-4-6-11(9)14-12(8,2)3/h4-6,8,14H,7H2,1-3H3.